The zero-order valence-electron chi connectivity index (χ0n) is 15.1. The van der Waals surface area contributed by atoms with E-state index in [2.05, 4.69) is 30.5 Å². The Labute approximate surface area is 153 Å². The Kier molecular flexibility index (Phi) is 5.84. The molecule has 0 fully saturated rings. The van der Waals surface area contributed by atoms with Crippen LogP contribution in [-0.2, 0) is 0 Å². The highest BCUT2D eigenvalue weighted by molar-refractivity contribution is 5.89. The molecule has 0 saturated carbocycles. The normalized spacial score (nSPS) is 12.6. The summed E-state index contributed by atoms with van der Waals surface area (Å²) in [6.07, 6.45) is 0. The Morgan fingerprint density at radius 3 is 2.73 bits per heavy atom. The Hall–Kier alpha value is -2.89. The highest BCUT2D eigenvalue weighted by atomic mass is 16.6. The zero-order valence-corrected chi connectivity index (χ0v) is 15.1. The second kappa shape index (κ2) is 8.47. The molecule has 0 aromatic heterocycles. The third-order valence-corrected chi connectivity index (χ3v) is 3.98. The molecule has 1 aliphatic rings. The van der Waals surface area contributed by atoms with Crippen molar-refractivity contribution in [2.24, 2.45) is 0 Å². The van der Waals surface area contributed by atoms with Crippen LogP contribution in [0.5, 0.6) is 17.2 Å². The van der Waals surface area contributed by atoms with Gasteiger partial charge in [0.2, 0.25) is 0 Å². The monoisotopic (exact) mass is 356 g/mol. The van der Waals surface area contributed by atoms with E-state index in [1.807, 2.05) is 18.2 Å². The Morgan fingerprint density at radius 2 is 1.92 bits per heavy atom. The number of benzene rings is 2. The van der Waals surface area contributed by atoms with Crippen molar-refractivity contribution in [2.45, 2.75) is 19.8 Å². The highest BCUT2D eigenvalue weighted by Gasteiger charge is 2.12. The van der Waals surface area contributed by atoms with E-state index in [-0.39, 0.29) is 6.03 Å². The van der Waals surface area contributed by atoms with Crippen LogP contribution in [0, 0.1) is 0 Å². The van der Waals surface area contributed by atoms with Crippen LogP contribution in [-0.4, -0.2) is 32.4 Å². The Morgan fingerprint density at radius 1 is 1.12 bits per heavy atom. The van der Waals surface area contributed by atoms with Crippen LogP contribution < -0.4 is 24.8 Å². The second-order valence-corrected chi connectivity index (χ2v) is 6.31. The largest absolute Gasteiger partial charge is 0.492 e. The molecule has 1 heterocycles. The fourth-order valence-electron chi connectivity index (χ4n) is 2.59. The fraction of sp³-hybridized carbons (Fsp3) is 0.350. The Balaban J connectivity index is 1.42. The summed E-state index contributed by atoms with van der Waals surface area (Å²) in [7, 11) is 0. The average Bonchev–Trinajstić information content (AvgIpc) is 2.65. The molecule has 26 heavy (non-hydrogen) atoms. The first kappa shape index (κ1) is 17.9. The minimum absolute atomic E-state index is 0.291. The molecule has 0 aliphatic carbocycles. The van der Waals surface area contributed by atoms with Crippen molar-refractivity contribution in [3.05, 3.63) is 48.0 Å². The van der Waals surface area contributed by atoms with Gasteiger partial charge in [0.1, 0.15) is 25.6 Å². The molecule has 2 aromatic carbocycles. The quantitative estimate of drug-likeness (QED) is 0.773. The molecule has 0 bridgehead atoms. The van der Waals surface area contributed by atoms with Crippen LogP contribution in [0.25, 0.3) is 0 Å². The number of amides is 2. The lowest BCUT2D eigenvalue weighted by Gasteiger charge is -2.19. The van der Waals surface area contributed by atoms with E-state index in [4.69, 9.17) is 14.2 Å². The summed E-state index contributed by atoms with van der Waals surface area (Å²) in [4.78, 5) is 12.0. The fourth-order valence-corrected chi connectivity index (χ4v) is 2.59. The average molecular weight is 356 g/mol. The van der Waals surface area contributed by atoms with Crippen molar-refractivity contribution in [2.75, 3.05) is 31.7 Å². The van der Waals surface area contributed by atoms with Gasteiger partial charge >= 0.3 is 6.03 Å². The van der Waals surface area contributed by atoms with Crippen LogP contribution in [0.2, 0.25) is 0 Å². The molecule has 2 N–H and O–H groups in total. The molecule has 0 atom stereocenters. The van der Waals surface area contributed by atoms with Crippen LogP contribution in [0.15, 0.2) is 42.5 Å². The zero-order chi connectivity index (χ0) is 18.4. The molecule has 2 amide bonds. The number of fused-ring (bicyclic) bond motifs is 1. The maximum atomic E-state index is 12.0. The number of urea groups is 1. The lowest BCUT2D eigenvalue weighted by atomic mass is 10.0. The molecule has 2 aromatic rings. The molecule has 0 saturated heterocycles. The van der Waals surface area contributed by atoms with Gasteiger partial charge in [0.15, 0.2) is 11.5 Å². The smallest absolute Gasteiger partial charge is 0.319 e. The van der Waals surface area contributed by atoms with Gasteiger partial charge in [-0.15, -0.1) is 0 Å². The van der Waals surface area contributed by atoms with Crippen LogP contribution in [0.1, 0.15) is 25.3 Å². The summed E-state index contributed by atoms with van der Waals surface area (Å²) in [6, 6.07) is 13.0. The van der Waals surface area contributed by atoms with Gasteiger partial charge in [-0.1, -0.05) is 26.0 Å². The molecule has 0 unspecified atom stereocenters. The SMILES string of the molecule is CC(C)c1cccc(OCCNC(=O)Nc2ccc3c(c2)OCCO3)c1. The second-order valence-electron chi connectivity index (χ2n) is 6.31. The molecule has 3 rings (SSSR count). The molecule has 6 nitrogen and oxygen atoms in total. The van der Waals surface area contributed by atoms with Gasteiger partial charge in [-0.05, 0) is 35.7 Å². The summed E-state index contributed by atoms with van der Waals surface area (Å²) < 4.78 is 16.7. The minimum atomic E-state index is -0.291. The molecule has 0 spiro atoms. The van der Waals surface area contributed by atoms with Gasteiger partial charge in [-0.2, -0.15) is 0 Å². The van der Waals surface area contributed by atoms with Gasteiger partial charge in [0.05, 0.1) is 6.54 Å². The van der Waals surface area contributed by atoms with Gasteiger partial charge < -0.3 is 24.8 Å². The van der Waals surface area contributed by atoms with Crippen molar-refractivity contribution in [1.29, 1.82) is 0 Å². The van der Waals surface area contributed by atoms with E-state index in [1.54, 1.807) is 18.2 Å². The standard InChI is InChI=1S/C20H24N2O4/c1-14(2)15-4-3-5-17(12-15)24-9-8-21-20(23)22-16-6-7-18-19(13-16)26-11-10-25-18/h3-7,12-14H,8-11H2,1-2H3,(H2,21,22,23). The van der Waals surface area contributed by atoms with Crippen LogP contribution >= 0.6 is 0 Å². The number of nitrogens with one attached hydrogen (secondary N) is 2. The van der Waals surface area contributed by atoms with Crippen molar-refractivity contribution < 1.29 is 19.0 Å². The Bertz CT molecular complexity index is 761. The topological polar surface area (TPSA) is 68.8 Å². The van der Waals surface area contributed by atoms with E-state index in [1.165, 1.54) is 5.56 Å². The van der Waals surface area contributed by atoms with E-state index in [9.17, 15) is 4.79 Å². The molecule has 0 radical (unpaired) electrons. The number of hydrogen-bond acceptors (Lipinski definition) is 4. The van der Waals surface area contributed by atoms with Gasteiger partial charge in [0, 0.05) is 11.8 Å². The first-order chi connectivity index (χ1) is 12.6. The lowest BCUT2D eigenvalue weighted by molar-refractivity contribution is 0.171. The maximum Gasteiger partial charge on any atom is 0.319 e. The summed E-state index contributed by atoms with van der Waals surface area (Å²) in [5.74, 6) is 2.60. The summed E-state index contributed by atoms with van der Waals surface area (Å²) in [5, 5.41) is 5.55. The minimum Gasteiger partial charge on any atom is -0.492 e. The van der Waals surface area contributed by atoms with Crippen LogP contribution in [0.4, 0.5) is 10.5 Å². The third kappa shape index (κ3) is 4.81. The van der Waals surface area contributed by atoms with Crippen molar-refractivity contribution in [1.82, 2.24) is 5.32 Å². The van der Waals surface area contributed by atoms with Crippen LogP contribution in [0.3, 0.4) is 0 Å². The predicted molar refractivity (Wildman–Crippen MR) is 100 cm³/mol. The number of hydrogen-bond donors (Lipinski definition) is 2. The number of anilines is 1. The van der Waals surface area contributed by atoms with Gasteiger partial charge in [0.25, 0.3) is 0 Å². The molecule has 138 valence electrons. The van der Waals surface area contributed by atoms with Crippen molar-refractivity contribution in [3.8, 4) is 17.2 Å². The molecular weight excluding hydrogens is 332 g/mol. The van der Waals surface area contributed by atoms with Gasteiger partial charge in [-0.25, -0.2) is 4.79 Å². The summed E-state index contributed by atoms with van der Waals surface area (Å²) >= 11 is 0. The lowest BCUT2D eigenvalue weighted by Crippen LogP contribution is -2.32. The number of ether oxygens (including phenoxy) is 3. The highest BCUT2D eigenvalue weighted by Crippen LogP contribution is 2.32. The van der Waals surface area contributed by atoms with E-state index in [0.29, 0.717) is 49.5 Å². The predicted octanol–water partition coefficient (Wildman–Crippen LogP) is 3.78. The number of carbonyl (C=O) groups excluding carboxylic acids is 1. The summed E-state index contributed by atoms with van der Waals surface area (Å²) in [5.41, 5.74) is 1.88. The third-order valence-electron chi connectivity index (χ3n) is 3.98. The number of carbonyl (C=O) groups is 1. The molecule has 1 aliphatic heterocycles. The first-order valence-corrected chi connectivity index (χ1v) is 8.79. The summed E-state index contributed by atoms with van der Waals surface area (Å²) in [6.45, 7) is 6.14. The van der Waals surface area contributed by atoms with Crippen molar-refractivity contribution in [3.63, 3.8) is 0 Å². The maximum absolute atomic E-state index is 12.0. The van der Waals surface area contributed by atoms with Crippen molar-refractivity contribution >= 4 is 11.7 Å². The van der Waals surface area contributed by atoms with Gasteiger partial charge in [-0.3, -0.25) is 0 Å². The molecule has 6 heteroatoms. The van der Waals surface area contributed by atoms with E-state index in [0.717, 1.165) is 5.75 Å². The number of rotatable bonds is 6. The first-order valence-electron chi connectivity index (χ1n) is 8.79. The van der Waals surface area contributed by atoms with E-state index < -0.39 is 0 Å². The molecular formula is C20H24N2O4. The van der Waals surface area contributed by atoms with E-state index >= 15 is 0 Å².